The first-order valence-corrected chi connectivity index (χ1v) is 10.7. The largest absolute Gasteiger partial charge is 0.362 e. The minimum absolute atomic E-state index is 0.0616. The SMILES string of the molecule is CCn1cc2ncc(N[C@@H](C)c3cccc(NC(=O)c4cnc5n[nH]c(C)c5c4)c3)nc2n1. The third-order valence-corrected chi connectivity index (χ3v) is 5.47. The van der Waals surface area contributed by atoms with E-state index in [1.54, 1.807) is 12.3 Å². The number of nitrogens with one attached hydrogen (secondary N) is 3. The number of H-pyrrole nitrogens is 1. The Morgan fingerprint density at radius 1 is 1.18 bits per heavy atom. The number of carbonyl (C=O) groups is 1. The molecule has 0 unspecified atom stereocenters. The molecule has 1 aromatic carbocycles. The van der Waals surface area contributed by atoms with Crippen molar-refractivity contribution in [1.29, 1.82) is 0 Å². The quantitative estimate of drug-likeness (QED) is 0.365. The number of pyridine rings is 1. The van der Waals surface area contributed by atoms with Gasteiger partial charge in [0.1, 0.15) is 11.3 Å². The standard InChI is InChI=1S/C23H23N9O/c1-4-32-12-19-22(31-32)28-20(11-24-19)26-13(2)15-6-5-7-17(8-15)27-23(33)16-9-18-14(3)29-30-21(18)25-10-16/h5-13H,4H2,1-3H3,(H,27,33)(H,25,29,30)(H,26,28,31)/t13-/m0/s1. The van der Waals surface area contributed by atoms with E-state index in [0.29, 0.717) is 28.4 Å². The predicted molar refractivity (Wildman–Crippen MR) is 126 cm³/mol. The molecule has 10 heteroatoms. The molecule has 4 heterocycles. The Morgan fingerprint density at radius 2 is 2.06 bits per heavy atom. The van der Waals surface area contributed by atoms with Gasteiger partial charge in [-0.15, -0.1) is 0 Å². The topological polar surface area (TPSA) is 126 Å². The normalized spacial score (nSPS) is 12.2. The monoisotopic (exact) mass is 441 g/mol. The van der Waals surface area contributed by atoms with Gasteiger partial charge in [0.15, 0.2) is 5.65 Å². The van der Waals surface area contributed by atoms with E-state index in [2.05, 4.69) is 40.9 Å². The smallest absolute Gasteiger partial charge is 0.257 e. The van der Waals surface area contributed by atoms with E-state index in [1.165, 1.54) is 6.20 Å². The van der Waals surface area contributed by atoms with Crippen LogP contribution >= 0.6 is 0 Å². The molecule has 5 rings (SSSR count). The van der Waals surface area contributed by atoms with Crippen LogP contribution in [-0.2, 0) is 6.54 Å². The summed E-state index contributed by atoms with van der Waals surface area (Å²) in [5.74, 6) is 0.409. The average Bonchev–Trinajstić information content (AvgIpc) is 3.41. The zero-order valence-corrected chi connectivity index (χ0v) is 18.5. The Balaban J connectivity index is 1.31. The van der Waals surface area contributed by atoms with Crippen LogP contribution < -0.4 is 10.6 Å². The minimum Gasteiger partial charge on any atom is -0.362 e. The number of amides is 1. The molecule has 0 saturated carbocycles. The van der Waals surface area contributed by atoms with Crippen molar-refractivity contribution in [2.24, 2.45) is 0 Å². The van der Waals surface area contributed by atoms with E-state index in [4.69, 9.17) is 0 Å². The number of anilines is 2. The Morgan fingerprint density at radius 3 is 2.91 bits per heavy atom. The number of benzene rings is 1. The summed E-state index contributed by atoms with van der Waals surface area (Å²) in [6.45, 7) is 6.71. The number of aryl methyl sites for hydroxylation is 2. The van der Waals surface area contributed by atoms with Gasteiger partial charge in [-0.3, -0.25) is 14.6 Å². The van der Waals surface area contributed by atoms with Crippen LogP contribution in [-0.4, -0.2) is 40.8 Å². The molecule has 0 radical (unpaired) electrons. The summed E-state index contributed by atoms with van der Waals surface area (Å²) in [5.41, 5.74) is 4.99. The van der Waals surface area contributed by atoms with Crippen molar-refractivity contribution in [1.82, 2.24) is 34.9 Å². The van der Waals surface area contributed by atoms with E-state index < -0.39 is 0 Å². The Hall–Kier alpha value is -4.34. The maximum Gasteiger partial charge on any atom is 0.257 e. The van der Waals surface area contributed by atoms with Crippen molar-refractivity contribution in [3.8, 4) is 0 Å². The summed E-state index contributed by atoms with van der Waals surface area (Å²) in [6.07, 6.45) is 5.11. The third-order valence-electron chi connectivity index (χ3n) is 5.47. The number of aromatic amines is 1. The number of hydrogen-bond donors (Lipinski definition) is 3. The first-order chi connectivity index (χ1) is 16.0. The van der Waals surface area contributed by atoms with Crippen LogP contribution in [0.15, 0.2) is 48.9 Å². The van der Waals surface area contributed by atoms with Crippen LogP contribution in [0.5, 0.6) is 0 Å². The molecule has 0 saturated heterocycles. The lowest BCUT2D eigenvalue weighted by Crippen LogP contribution is -2.13. The number of hydrogen-bond acceptors (Lipinski definition) is 7. The van der Waals surface area contributed by atoms with Gasteiger partial charge in [0.25, 0.3) is 5.91 Å². The van der Waals surface area contributed by atoms with Gasteiger partial charge < -0.3 is 10.6 Å². The van der Waals surface area contributed by atoms with Gasteiger partial charge in [-0.2, -0.15) is 10.2 Å². The molecule has 0 bridgehead atoms. The average molecular weight is 441 g/mol. The van der Waals surface area contributed by atoms with Crippen LogP contribution in [0.4, 0.5) is 11.5 Å². The lowest BCUT2D eigenvalue weighted by atomic mass is 10.1. The van der Waals surface area contributed by atoms with Crippen molar-refractivity contribution >= 4 is 39.6 Å². The first kappa shape index (κ1) is 20.6. The van der Waals surface area contributed by atoms with Crippen LogP contribution in [0.1, 0.15) is 41.5 Å². The van der Waals surface area contributed by atoms with Crippen molar-refractivity contribution in [2.75, 3.05) is 10.6 Å². The highest BCUT2D eigenvalue weighted by Gasteiger charge is 2.13. The van der Waals surface area contributed by atoms with Gasteiger partial charge in [0.05, 0.1) is 24.0 Å². The molecule has 0 spiro atoms. The fourth-order valence-electron chi connectivity index (χ4n) is 3.61. The molecule has 33 heavy (non-hydrogen) atoms. The maximum absolute atomic E-state index is 12.8. The van der Waals surface area contributed by atoms with E-state index in [9.17, 15) is 4.79 Å². The van der Waals surface area contributed by atoms with Crippen molar-refractivity contribution in [3.63, 3.8) is 0 Å². The molecule has 166 valence electrons. The summed E-state index contributed by atoms with van der Waals surface area (Å²) >= 11 is 0. The zero-order valence-electron chi connectivity index (χ0n) is 18.5. The zero-order chi connectivity index (χ0) is 22.9. The molecule has 0 fully saturated rings. The van der Waals surface area contributed by atoms with Gasteiger partial charge in [-0.05, 0) is 44.5 Å². The second-order valence-corrected chi connectivity index (χ2v) is 7.84. The van der Waals surface area contributed by atoms with Gasteiger partial charge in [-0.25, -0.2) is 15.0 Å². The van der Waals surface area contributed by atoms with E-state index in [1.807, 2.05) is 55.9 Å². The summed E-state index contributed by atoms with van der Waals surface area (Å²) in [6, 6.07) is 9.41. The first-order valence-electron chi connectivity index (χ1n) is 10.7. The number of aromatic nitrogens is 7. The van der Waals surface area contributed by atoms with E-state index in [-0.39, 0.29) is 11.9 Å². The number of fused-ring (bicyclic) bond motifs is 2. The van der Waals surface area contributed by atoms with E-state index in [0.717, 1.165) is 28.7 Å². The van der Waals surface area contributed by atoms with Gasteiger partial charge in [0, 0.05) is 29.5 Å². The van der Waals surface area contributed by atoms with Crippen molar-refractivity contribution in [3.05, 3.63) is 65.7 Å². The molecule has 0 aliphatic carbocycles. The molecule has 1 atom stereocenters. The second-order valence-electron chi connectivity index (χ2n) is 7.84. The molecular weight excluding hydrogens is 418 g/mol. The van der Waals surface area contributed by atoms with Crippen LogP contribution in [0.25, 0.3) is 22.2 Å². The van der Waals surface area contributed by atoms with Gasteiger partial charge >= 0.3 is 0 Å². The van der Waals surface area contributed by atoms with Gasteiger partial charge in [-0.1, -0.05) is 12.1 Å². The molecule has 0 aliphatic rings. The Bertz CT molecular complexity index is 1470. The number of carbonyl (C=O) groups excluding carboxylic acids is 1. The van der Waals surface area contributed by atoms with Gasteiger partial charge in [0.2, 0.25) is 5.65 Å². The molecule has 3 N–H and O–H groups in total. The lowest BCUT2D eigenvalue weighted by molar-refractivity contribution is 0.102. The fourth-order valence-corrected chi connectivity index (χ4v) is 3.61. The summed E-state index contributed by atoms with van der Waals surface area (Å²) in [4.78, 5) is 26.0. The fraction of sp³-hybridized carbons (Fsp3) is 0.217. The number of nitrogens with zero attached hydrogens (tertiary/aromatic N) is 6. The number of rotatable bonds is 6. The highest BCUT2D eigenvalue weighted by atomic mass is 16.1. The molecule has 5 aromatic rings. The van der Waals surface area contributed by atoms with E-state index >= 15 is 0 Å². The maximum atomic E-state index is 12.8. The molecular formula is C23H23N9O. The highest BCUT2D eigenvalue weighted by molar-refractivity contribution is 6.05. The van der Waals surface area contributed by atoms with Crippen molar-refractivity contribution in [2.45, 2.75) is 33.4 Å². The second kappa shape index (κ2) is 8.30. The van der Waals surface area contributed by atoms with Crippen LogP contribution in [0, 0.1) is 6.92 Å². The summed E-state index contributed by atoms with van der Waals surface area (Å²) in [7, 11) is 0. The molecule has 10 nitrogen and oxygen atoms in total. The van der Waals surface area contributed by atoms with Crippen molar-refractivity contribution < 1.29 is 4.79 Å². The van der Waals surface area contributed by atoms with Crippen LogP contribution in [0.2, 0.25) is 0 Å². The molecule has 0 aliphatic heterocycles. The third kappa shape index (κ3) is 4.10. The Kier molecular flexibility index (Phi) is 5.17. The van der Waals surface area contributed by atoms with Crippen LogP contribution in [0.3, 0.4) is 0 Å². The summed E-state index contributed by atoms with van der Waals surface area (Å²) < 4.78 is 1.81. The predicted octanol–water partition coefficient (Wildman–Crippen LogP) is 3.85. The molecule has 1 amide bonds. The summed E-state index contributed by atoms with van der Waals surface area (Å²) in [5, 5.41) is 18.5. The molecule has 4 aromatic heterocycles. The lowest BCUT2D eigenvalue weighted by Gasteiger charge is -2.16. The Labute approximate surface area is 189 Å². The minimum atomic E-state index is -0.231. The highest BCUT2D eigenvalue weighted by Crippen LogP contribution is 2.22.